The van der Waals surface area contributed by atoms with E-state index >= 15 is 0 Å². The summed E-state index contributed by atoms with van der Waals surface area (Å²) in [6.07, 6.45) is 4.27. The molecule has 9 nitrogen and oxygen atoms in total. The van der Waals surface area contributed by atoms with E-state index in [2.05, 4.69) is 36.1 Å². The zero-order valence-electron chi connectivity index (χ0n) is 21.0. The lowest BCUT2D eigenvalue weighted by molar-refractivity contribution is -0.163. The minimum Gasteiger partial charge on any atom is -0.463 e. The zero-order valence-corrected chi connectivity index (χ0v) is 21.0. The Morgan fingerprint density at radius 2 is 1.22 bits per heavy atom. The molecule has 1 aromatic rings. The number of aryl methyl sites for hydroxylation is 1. The van der Waals surface area contributed by atoms with Crippen molar-refractivity contribution >= 4 is 17.6 Å². The van der Waals surface area contributed by atoms with E-state index in [1.807, 2.05) is 0 Å². The van der Waals surface area contributed by atoms with Crippen molar-refractivity contribution in [3.05, 3.63) is 29.8 Å². The van der Waals surface area contributed by atoms with E-state index in [1.54, 1.807) is 0 Å². The standard InChI is InChI=1S/C14H20O6.C13H17NO2/c15-13(19-7-9-5-17-9)11-3-1-2-4-12(11)14(16)20-8-10-6-18-10;1-10-4-2-3-5-13(10)14(6-11-8-15-11)7-12-9-16-12/h9-12H,1-8H2;2-5,11-12H,6-9H2,1H3. The molecule has 1 aromatic carbocycles. The summed E-state index contributed by atoms with van der Waals surface area (Å²) in [5, 5.41) is 0. The summed E-state index contributed by atoms with van der Waals surface area (Å²) in [5.41, 5.74) is 2.64. The molecule has 198 valence electrons. The number of hydrogen-bond acceptors (Lipinski definition) is 9. The number of nitrogens with zero attached hydrogens (tertiary/aromatic N) is 1. The normalized spacial score (nSPS) is 31.4. The van der Waals surface area contributed by atoms with Gasteiger partial charge in [-0.3, -0.25) is 9.59 Å². The summed E-state index contributed by atoms with van der Waals surface area (Å²) in [6.45, 7) is 7.87. The van der Waals surface area contributed by atoms with Gasteiger partial charge in [0.05, 0.1) is 50.5 Å². The molecular formula is C27H37NO8. The van der Waals surface area contributed by atoms with Gasteiger partial charge in [0.25, 0.3) is 0 Å². The highest BCUT2D eigenvalue weighted by Gasteiger charge is 2.39. The van der Waals surface area contributed by atoms with Gasteiger partial charge in [-0.1, -0.05) is 31.0 Å². The molecule has 0 aromatic heterocycles. The van der Waals surface area contributed by atoms with E-state index in [0.29, 0.717) is 51.5 Å². The first-order valence-corrected chi connectivity index (χ1v) is 13.2. The molecule has 0 spiro atoms. The highest BCUT2D eigenvalue weighted by atomic mass is 16.6. The number of hydrogen-bond donors (Lipinski definition) is 0. The highest BCUT2D eigenvalue weighted by molar-refractivity contribution is 5.82. The first-order chi connectivity index (χ1) is 17.6. The molecule has 0 bridgehead atoms. The van der Waals surface area contributed by atoms with Crippen LogP contribution in [0.1, 0.15) is 31.2 Å². The van der Waals surface area contributed by atoms with Gasteiger partial charge in [0.15, 0.2) is 0 Å². The third-order valence-electron chi connectivity index (χ3n) is 7.11. The molecule has 4 saturated heterocycles. The predicted molar refractivity (Wildman–Crippen MR) is 130 cm³/mol. The van der Waals surface area contributed by atoms with Crippen LogP contribution in [-0.2, 0) is 38.0 Å². The van der Waals surface area contributed by atoms with Gasteiger partial charge < -0.3 is 33.3 Å². The van der Waals surface area contributed by atoms with E-state index < -0.39 is 0 Å². The van der Waals surface area contributed by atoms with Crippen LogP contribution in [0.4, 0.5) is 5.69 Å². The summed E-state index contributed by atoms with van der Waals surface area (Å²) in [5.74, 6) is -1.31. The lowest BCUT2D eigenvalue weighted by atomic mass is 9.79. The molecule has 1 aliphatic carbocycles. The van der Waals surface area contributed by atoms with Gasteiger partial charge >= 0.3 is 11.9 Å². The van der Waals surface area contributed by atoms with E-state index in [9.17, 15) is 9.59 Å². The van der Waals surface area contributed by atoms with Crippen molar-refractivity contribution in [3.8, 4) is 0 Å². The fraction of sp³-hybridized carbons (Fsp3) is 0.704. The van der Waals surface area contributed by atoms with Crippen molar-refractivity contribution in [2.24, 2.45) is 11.8 Å². The third kappa shape index (κ3) is 7.90. The van der Waals surface area contributed by atoms with Crippen molar-refractivity contribution in [3.63, 3.8) is 0 Å². The molecule has 9 heteroatoms. The van der Waals surface area contributed by atoms with E-state index in [1.165, 1.54) is 11.3 Å². The Hall–Kier alpha value is -2.20. The monoisotopic (exact) mass is 503 g/mol. The van der Waals surface area contributed by atoms with E-state index in [4.69, 9.17) is 28.4 Å². The molecule has 6 atom stereocenters. The maximum Gasteiger partial charge on any atom is 0.309 e. The van der Waals surface area contributed by atoms with Gasteiger partial charge in [0.2, 0.25) is 0 Å². The number of esters is 2. The molecule has 6 rings (SSSR count). The van der Waals surface area contributed by atoms with Crippen molar-refractivity contribution < 1.29 is 38.0 Å². The molecule has 4 aliphatic heterocycles. The van der Waals surface area contributed by atoms with Crippen LogP contribution in [0, 0.1) is 18.8 Å². The smallest absolute Gasteiger partial charge is 0.309 e. The number of carbonyl (C=O) groups is 2. The minimum atomic E-state index is -0.366. The Morgan fingerprint density at radius 3 is 1.64 bits per heavy atom. The van der Waals surface area contributed by atoms with Crippen LogP contribution < -0.4 is 4.90 Å². The second kappa shape index (κ2) is 11.9. The predicted octanol–water partition coefficient (Wildman–Crippen LogP) is 2.28. The second-order valence-corrected chi connectivity index (χ2v) is 10.3. The quantitative estimate of drug-likeness (QED) is 0.332. The van der Waals surface area contributed by atoms with Crippen LogP contribution in [0.15, 0.2) is 24.3 Å². The molecule has 36 heavy (non-hydrogen) atoms. The van der Waals surface area contributed by atoms with Gasteiger partial charge in [-0.25, -0.2) is 0 Å². The minimum absolute atomic E-state index is 0.0555. The second-order valence-electron chi connectivity index (χ2n) is 10.3. The van der Waals surface area contributed by atoms with Gasteiger partial charge in [-0.2, -0.15) is 0 Å². The Labute approximate surface area is 212 Å². The van der Waals surface area contributed by atoms with Crippen molar-refractivity contribution in [1.82, 2.24) is 0 Å². The average Bonchev–Trinajstić information content (AvgIpc) is 3.72. The zero-order chi connectivity index (χ0) is 24.9. The molecular weight excluding hydrogens is 466 g/mol. The molecule has 0 N–H and O–H groups in total. The number of epoxide rings is 4. The largest absolute Gasteiger partial charge is 0.463 e. The molecule has 0 amide bonds. The number of anilines is 1. The van der Waals surface area contributed by atoms with Crippen LogP contribution >= 0.6 is 0 Å². The fourth-order valence-electron chi connectivity index (χ4n) is 4.62. The molecule has 1 saturated carbocycles. The van der Waals surface area contributed by atoms with Crippen molar-refractivity contribution in [1.29, 1.82) is 0 Å². The fourth-order valence-corrected chi connectivity index (χ4v) is 4.62. The molecule has 5 fully saturated rings. The molecule has 6 unspecified atom stereocenters. The van der Waals surface area contributed by atoms with Crippen LogP contribution in [0.5, 0.6) is 0 Å². The Kier molecular flexibility index (Phi) is 8.41. The number of para-hydroxylation sites is 1. The van der Waals surface area contributed by atoms with E-state index in [-0.39, 0.29) is 36.0 Å². The summed E-state index contributed by atoms with van der Waals surface area (Å²) in [6, 6.07) is 8.51. The van der Waals surface area contributed by atoms with Crippen molar-refractivity contribution in [2.75, 3.05) is 57.6 Å². The number of benzene rings is 1. The van der Waals surface area contributed by atoms with Crippen molar-refractivity contribution in [2.45, 2.75) is 57.0 Å². The first-order valence-electron chi connectivity index (χ1n) is 13.2. The maximum absolute atomic E-state index is 12.1. The van der Waals surface area contributed by atoms with Gasteiger partial charge in [0.1, 0.15) is 25.4 Å². The summed E-state index contributed by atoms with van der Waals surface area (Å²) in [4.78, 5) is 26.6. The van der Waals surface area contributed by atoms with Gasteiger partial charge in [0, 0.05) is 18.8 Å². The molecule has 5 aliphatic rings. The number of ether oxygens (including phenoxy) is 6. The Bertz CT molecular complexity index is 844. The summed E-state index contributed by atoms with van der Waals surface area (Å²) >= 11 is 0. The molecule has 4 heterocycles. The van der Waals surface area contributed by atoms with Crippen LogP contribution in [0.2, 0.25) is 0 Å². The third-order valence-corrected chi connectivity index (χ3v) is 7.11. The van der Waals surface area contributed by atoms with Crippen LogP contribution in [0.25, 0.3) is 0 Å². The lowest BCUT2D eigenvalue weighted by Crippen LogP contribution is -2.35. The Morgan fingerprint density at radius 1 is 0.778 bits per heavy atom. The van der Waals surface area contributed by atoms with E-state index in [0.717, 1.165) is 39.1 Å². The van der Waals surface area contributed by atoms with Crippen LogP contribution in [0.3, 0.4) is 0 Å². The topological polar surface area (TPSA) is 106 Å². The first kappa shape index (κ1) is 25.4. The summed E-state index contributed by atoms with van der Waals surface area (Å²) in [7, 11) is 0. The van der Waals surface area contributed by atoms with Gasteiger partial charge in [-0.05, 0) is 31.4 Å². The number of carbonyl (C=O) groups excluding carboxylic acids is 2. The van der Waals surface area contributed by atoms with Crippen LogP contribution in [-0.4, -0.2) is 89.1 Å². The van der Waals surface area contributed by atoms with Gasteiger partial charge in [-0.15, -0.1) is 0 Å². The summed E-state index contributed by atoms with van der Waals surface area (Å²) < 4.78 is 31.1. The maximum atomic E-state index is 12.1. The average molecular weight is 504 g/mol. The lowest BCUT2D eigenvalue weighted by Gasteiger charge is -2.28. The highest BCUT2D eigenvalue weighted by Crippen LogP contribution is 2.32. The number of rotatable bonds is 11. The molecule has 0 radical (unpaired) electrons. The SMILES string of the molecule is Cc1ccccc1N(CC1CO1)CC1CO1.O=C(OCC1CO1)C1CCCCC1C(=O)OCC1CO1. The Balaban J connectivity index is 0.000000152.